The van der Waals surface area contributed by atoms with Crippen LogP contribution >= 0.6 is 11.6 Å². The second kappa shape index (κ2) is 6.98. The average molecular weight is 377 g/mol. The standard InChI is InChI=1S/C15H17ClN8O2/c1-23-4-3-17-7-12(23)14-19-15(26-20-14)9-5-10(16)11(6-13(9)25-2)24-8-18-21-22-24/h5-6,8,12,17H,3-4,7H2,1-2H3. The Labute approximate surface area is 154 Å². The molecule has 3 heterocycles. The third-order valence-electron chi connectivity index (χ3n) is 4.35. The van der Waals surface area contributed by atoms with Crippen molar-refractivity contribution in [1.29, 1.82) is 0 Å². The number of methoxy groups -OCH3 is 1. The van der Waals surface area contributed by atoms with Gasteiger partial charge in [0.25, 0.3) is 5.89 Å². The van der Waals surface area contributed by atoms with Crippen LogP contribution in [0.2, 0.25) is 5.02 Å². The fourth-order valence-electron chi connectivity index (χ4n) is 2.90. The Morgan fingerprint density at radius 3 is 3.00 bits per heavy atom. The zero-order valence-corrected chi connectivity index (χ0v) is 15.0. The topological polar surface area (TPSA) is 107 Å². The van der Waals surface area contributed by atoms with Gasteiger partial charge >= 0.3 is 0 Å². The van der Waals surface area contributed by atoms with Crippen LogP contribution < -0.4 is 10.1 Å². The lowest BCUT2D eigenvalue weighted by molar-refractivity contribution is 0.190. The summed E-state index contributed by atoms with van der Waals surface area (Å²) < 4.78 is 12.4. The molecule has 1 aliphatic heterocycles. The van der Waals surface area contributed by atoms with Gasteiger partial charge in [0.1, 0.15) is 12.1 Å². The Hall–Kier alpha value is -2.56. The fraction of sp³-hybridized carbons (Fsp3) is 0.400. The van der Waals surface area contributed by atoms with Gasteiger partial charge in [-0.25, -0.2) is 0 Å². The summed E-state index contributed by atoms with van der Waals surface area (Å²) in [6.45, 7) is 2.63. The summed E-state index contributed by atoms with van der Waals surface area (Å²) in [5, 5.41) is 19.0. The Bertz CT molecular complexity index is 897. The zero-order valence-electron chi connectivity index (χ0n) is 14.3. The minimum absolute atomic E-state index is 0.0585. The van der Waals surface area contributed by atoms with Crippen LogP contribution in [-0.4, -0.2) is 69.0 Å². The van der Waals surface area contributed by atoms with E-state index in [1.165, 1.54) is 11.0 Å². The first kappa shape index (κ1) is 16.9. The van der Waals surface area contributed by atoms with Crippen LogP contribution in [0.1, 0.15) is 11.9 Å². The summed E-state index contributed by atoms with van der Waals surface area (Å²) in [5.41, 5.74) is 1.20. The van der Waals surface area contributed by atoms with Crippen molar-refractivity contribution in [2.75, 3.05) is 33.8 Å². The molecule has 2 aromatic heterocycles. The number of nitrogens with one attached hydrogen (secondary N) is 1. The van der Waals surface area contributed by atoms with E-state index in [0.29, 0.717) is 33.7 Å². The molecule has 11 heteroatoms. The summed E-state index contributed by atoms with van der Waals surface area (Å²) in [6, 6.07) is 3.49. The van der Waals surface area contributed by atoms with Crippen molar-refractivity contribution >= 4 is 11.6 Å². The summed E-state index contributed by atoms with van der Waals surface area (Å²) >= 11 is 6.40. The Morgan fingerprint density at radius 2 is 2.27 bits per heavy atom. The van der Waals surface area contributed by atoms with Crippen molar-refractivity contribution < 1.29 is 9.26 Å². The van der Waals surface area contributed by atoms with Crippen LogP contribution in [-0.2, 0) is 0 Å². The highest BCUT2D eigenvalue weighted by Crippen LogP contribution is 2.36. The third kappa shape index (κ3) is 3.02. The number of aromatic nitrogens is 6. The van der Waals surface area contributed by atoms with E-state index in [1.54, 1.807) is 19.2 Å². The molecule has 136 valence electrons. The molecule has 4 rings (SSSR count). The van der Waals surface area contributed by atoms with E-state index in [4.69, 9.17) is 20.9 Å². The number of rotatable bonds is 4. The minimum atomic E-state index is 0.0585. The van der Waals surface area contributed by atoms with Crippen molar-refractivity contribution in [3.8, 4) is 22.9 Å². The maximum Gasteiger partial charge on any atom is 0.261 e. The molecule has 0 aliphatic carbocycles. The molecule has 1 aromatic carbocycles. The number of benzene rings is 1. The van der Waals surface area contributed by atoms with Gasteiger partial charge in [0.05, 0.1) is 29.4 Å². The molecule has 1 saturated heterocycles. The van der Waals surface area contributed by atoms with E-state index in [2.05, 4.69) is 35.9 Å². The van der Waals surface area contributed by atoms with Crippen LogP contribution in [0, 0.1) is 0 Å². The van der Waals surface area contributed by atoms with Crippen molar-refractivity contribution in [1.82, 2.24) is 40.6 Å². The predicted molar refractivity (Wildman–Crippen MR) is 92.2 cm³/mol. The van der Waals surface area contributed by atoms with E-state index >= 15 is 0 Å². The first-order valence-corrected chi connectivity index (χ1v) is 8.41. The second-order valence-electron chi connectivity index (χ2n) is 5.92. The predicted octanol–water partition coefficient (Wildman–Crippen LogP) is 0.950. The number of hydrogen-bond acceptors (Lipinski definition) is 9. The quantitative estimate of drug-likeness (QED) is 0.711. The molecule has 10 nitrogen and oxygen atoms in total. The van der Waals surface area contributed by atoms with Gasteiger partial charge in [0, 0.05) is 25.7 Å². The van der Waals surface area contributed by atoms with Gasteiger partial charge in [-0.05, 0) is 23.5 Å². The van der Waals surface area contributed by atoms with E-state index in [1.807, 2.05) is 7.05 Å². The summed E-state index contributed by atoms with van der Waals surface area (Å²) in [4.78, 5) is 6.74. The van der Waals surface area contributed by atoms with E-state index in [0.717, 1.165) is 19.6 Å². The number of hydrogen-bond donors (Lipinski definition) is 1. The van der Waals surface area contributed by atoms with Gasteiger partial charge < -0.3 is 14.6 Å². The lowest BCUT2D eigenvalue weighted by Crippen LogP contribution is -2.44. The minimum Gasteiger partial charge on any atom is -0.496 e. The highest BCUT2D eigenvalue weighted by molar-refractivity contribution is 6.32. The van der Waals surface area contributed by atoms with Crippen LogP contribution in [0.3, 0.4) is 0 Å². The lowest BCUT2D eigenvalue weighted by atomic mass is 10.1. The largest absolute Gasteiger partial charge is 0.496 e. The van der Waals surface area contributed by atoms with Crippen molar-refractivity contribution in [3.63, 3.8) is 0 Å². The second-order valence-corrected chi connectivity index (χ2v) is 6.32. The highest BCUT2D eigenvalue weighted by Gasteiger charge is 2.26. The molecule has 0 bridgehead atoms. The van der Waals surface area contributed by atoms with Gasteiger partial charge in [-0.1, -0.05) is 16.8 Å². The Morgan fingerprint density at radius 1 is 1.38 bits per heavy atom. The fourth-order valence-corrected chi connectivity index (χ4v) is 3.15. The first-order chi connectivity index (χ1) is 12.7. The molecule has 3 aromatic rings. The van der Waals surface area contributed by atoms with Gasteiger partial charge in [0.15, 0.2) is 5.82 Å². The summed E-state index contributed by atoms with van der Waals surface area (Å²) in [5.74, 6) is 1.50. The highest BCUT2D eigenvalue weighted by atomic mass is 35.5. The van der Waals surface area contributed by atoms with E-state index in [9.17, 15) is 0 Å². The first-order valence-electron chi connectivity index (χ1n) is 8.03. The number of likely N-dealkylation sites (N-methyl/N-ethyl adjacent to an activating group) is 1. The Kier molecular flexibility index (Phi) is 4.53. The van der Waals surface area contributed by atoms with Crippen molar-refractivity contribution in [3.05, 3.63) is 29.3 Å². The number of piperazine rings is 1. The number of tetrazole rings is 1. The van der Waals surface area contributed by atoms with Crippen LogP contribution in [0.4, 0.5) is 0 Å². The van der Waals surface area contributed by atoms with Gasteiger partial charge in [0.2, 0.25) is 0 Å². The molecule has 1 fully saturated rings. The monoisotopic (exact) mass is 376 g/mol. The van der Waals surface area contributed by atoms with Crippen LogP contribution in [0.25, 0.3) is 17.1 Å². The molecule has 0 saturated carbocycles. The molecule has 0 amide bonds. The molecule has 26 heavy (non-hydrogen) atoms. The molecule has 1 N–H and O–H groups in total. The van der Waals surface area contributed by atoms with Crippen molar-refractivity contribution in [2.45, 2.75) is 6.04 Å². The molecule has 1 atom stereocenters. The average Bonchev–Trinajstić information content (AvgIpc) is 3.34. The molecule has 1 unspecified atom stereocenters. The lowest BCUT2D eigenvalue weighted by Gasteiger charge is -2.30. The third-order valence-corrected chi connectivity index (χ3v) is 4.65. The molecular formula is C15H17ClN8O2. The van der Waals surface area contributed by atoms with Crippen LogP contribution in [0.5, 0.6) is 5.75 Å². The zero-order chi connectivity index (χ0) is 18.1. The molecular weight excluding hydrogens is 360 g/mol. The van der Waals surface area contributed by atoms with Gasteiger partial charge in [-0.3, -0.25) is 4.90 Å². The summed E-state index contributed by atoms with van der Waals surface area (Å²) in [7, 11) is 3.60. The maximum atomic E-state index is 6.40. The Balaban J connectivity index is 1.71. The summed E-state index contributed by atoms with van der Waals surface area (Å²) in [6.07, 6.45) is 1.46. The maximum absolute atomic E-state index is 6.40. The smallest absolute Gasteiger partial charge is 0.261 e. The van der Waals surface area contributed by atoms with E-state index in [-0.39, 0.29) is 6.04 Å². The van der Waals surface area contributed by atoms with E-state index < -0.39 is 0 Å². The normalized spacial score (nSPS) is 18.2. The van der Waals surface area contributed by atoms with Crippen LogP contribution in [0.15, 0.2) is 23.0 Å². The number of nitrogens with zero attached hydrogens (tertiary/aromatic N) is 7. The molecule has 1 aliphatic rings. The molecule has 0 radical (unpaired) electrons. The van der Waals surface area contributed by atoms with Gasteiger partial charge in [-0.2, -0.15) is 9.67 Å². The molecule has 0 spiro atoms. The number of ether oxygens (including phenoxy) is 1. The van der Waals surface area contributed by atoms with Gasteiger partial charge in [-0.15, -0.1) is 5.10 Å². The van der Waals surface area contributed by atoms with Crippen molar-refractivity contribution in [2.24, 2.45) is 0 Å². The SMILES string of the molecule is COc1cc(-n2cnnn2)c(Cl)cc1-c1nc(C2CNCCN2C)no1. The number of halogens is 1.